The van der Waals surface area contributed by atoms with E-state index in [9.17, 15) is 10.4 Å². The summed E-state index contributed by atoms with van der Waals surface area (Å²) in [6.45, 7) is 0. The predicted octanol–water partition coefficient (Wildman–Crippen LogP) is 3.56. The lowest BCUT2D eigenvalue weighted by Gasteiger charge is -2.05. The van der Waals surface area contributed by atoms with Crippen LogP contribution in [0, 0.1) is 11.3 Å². The Bertz CT molecular complexity index is 734. The lowest BCUT2D eigenvalue weighted by Crippen LogP contribution is -1.91. The first-order valence-electron chi connectivity index (χ1n) is 5.71. The van der Waals surface area contributed by atoms with Crippen LogP contribution >= 0.6 is 23.2 Å². The maximum absolute atomic E-state index is 9.72. The number of nitriles is 1. The van der Waals surface area contributed by atoms with Gasteiger partial charge >= 0.3 is 0 Å². The fourth-order valence-electron chi connectivity index (χ4n) is 1.63. The summed E-state index contributed by atoms with van der Waals surface area (Å²) < 4.78 is 4.86. The third-order valence-corrected chi connectivity index (χ3v) is 3.24. The molecule has 21 heavy (non-hydrogen) atoms. The second-order valence-corrected chi connectivity index (χ2v) is 4.75. The average Bonchev–Trinajstić information content (AvgIpc) is 2.47. The number of aromatic hydroxyl groups is 1. The number of nitrogens with zero attached hydrogens (tertiary/aromatic N) is 3. The van der Waals surface area contributed by atoms with Gasteiger partial charge in [-0.25, -0.2) is 4.98 Å². The van der Waals surface area contributed by atoms with Crippen LogP contribution < -0.4 is 4.74 Å². The molecule has 0 aliphatic carbocycles. The Morgan fingerprint density at radius 1 is 1.33 bits per heavy atom. The van der Waals surface area contributed by atoms with Gasteiger partial charge in [0.25, 0.3) is 5.88 Å². The third-order valence-electron chi connectivity index (χ3n) is 2.64. The van der Waals surface area contributed by atoms with Gasteiger partial charge in [-0.05, 0) is 12.1 Å². The third kappa shape index (κ3) is 3.24. The second kappa shape index (κ2) is 6.44. The topological polar surface area (TPSA) is 79.0 Å². The highest BCUT2D eigenvalue weighted by atomic mass is 35.5. The Hall–Kier alpha value is -2.29. The molecule has 0 fully saturated rings. The summed E-state index contributed by atoms with van der Waals surface area (Å²) in [6.07, 6.45) is 5.78. The SMILES string of the molecule is COc1ncc(C(C#N)=Cc2c(Cl)cncc2Cl)cc1O. The standard InChI is InChI=1S/C14H9Cl2N3O2/c1-21-14-13(20)3-9(5-19-14)8(4-17)2-10-11(15)6-18-7-12(10)16/h2-3,5-7,20H,1H3. The van der Waals surface area contributed by atoms with Gasteiger partial charge in [-0.1, -0.05) is 23.2 Å². The molecule has 0 atom stereocenters. The van der Waals surface area contributed by atoms with E-state index in [1.54, 1.807) is 0 Å². The molecule has 0 amide bonds. The first-order valence-corrected chi connectivity index (χ1v) is 6.46. The highest BCUT2D eigenvalue weighted by Crippen LogP contribution is 2.30. The van der Waals surface area contributed by atoms with Crippen LogP contribution in [0.4, 0.5) is 0 Å². The minimum absolute atomic E-state index is 0.0796. The molecular weight excluding hydrogens is 313 g/mol. The summed E-state index contributed by atoms with van der Waals surface area (Å²) in [5.74, 6) is -0.0842. The number of aromatic nitrogens is 2. The quantitative estimate of drug-likeness (QED) is 0.874. The molecule has 2 heterocycles. The van der Waals surface area contributed by atoms with Crippen LogP contribution in [0.15, 0.2) is 24.7 Å². The first-order chi connectivity index (χ1) is 10.1. The van der Waals surface area contributed by atoms with E-state index in [1.807, 2.05) is 6.07 Å². The fourth-order valence-corrected chi connectivity index (χ4v) is 2.10. The first kappa shape index (κ1) is 15.1. The number of methoxy groups -OCH3 is 1. The van der Waals surface area contributed by atoms with Crippen molar-refractivity contribution >= 4 is 34.9 Å². The Labute approximate surface area is 131 Å². The van der Waals surface area contributed by atoms with E-state index in [-0.39, 0.29) is 17.2 Å². The lowest BCUT2D eigenvalue weighted by molar-refractivity contribution is 0.358. The van der Waals surface area contributed by atoms with Gasteiger partial charge < -0.3 is 9.84 Å². The minimum Gasteiger partial charge on any atom is -0.503 e. The largest absolute Gasteiger partial charge is 0.503 e. The zero-order chi connectivity index (χ0) is 15.4. The average molecular weight is 322 g/mol. The normalized spacial score (nSPS) is 11.0. The van der Waals surface area contributed by atoms with Crippen molar-refractivity contribution in [1.82, 2.24) is 9.97 Å². The summed E-state index contributed by atoms with van der Waals surface area (Å²) in [5.41, 5.74) is 1.13. The number of hydrogen-bond donors (Lipinski definition) is 1. The second-order valence-electron chi connectivity index (χ2n) is 3.94. The molecule has 0 bridgehead atoms. The van der Waals surface area contributed by atoms with Gasteiger partial charge in [-0.3, -0.25) is 4.98 Å². The van der Waals surface area contributed by atoms with Crippen LogP contribution in [0.1, 0.15) is 11.1 Å². The molecule has 2 rings (SSSR count). The van der Waals surface area contributed by atoms with Crippen LogP contribution in [0.5, 0.6) is 11.6 Å². The van der Waals surface area contributed by atoms with E-state index < -0.39 is 0 Å². The summed E-state index contributed by atoms with van der Waals surface area (Å²) in [5, 5.41) is 19.6. The number of hydrogen-bond acceptors (Lipinski definition) is 5. The Morgan fingerprint density at radius 2 is 2.00 bits per heavy atom. The van der Waals surface area contributed by atoms with Crippen molar-refractivity contribution in [2.24, 2.45) is 0 Å². The van der Waals surface area contributed by atoms with Crippen molar-refractivity contribution in [3.05, 3.63) is 45.8 Å². The minimum atomic E-state index is -0.164. The molecule has 0 unspecified atom stereocenters. The highest BCUT2D eigenvalue weighted by molar-refractivity contribution is 6.37. The molecule has 0 aromatic carbocycles. The van der Waals surface area contributed by atoms with Gasteiger partial charge in [0, 0.05) is 29.7 Å². The van der Waals surface area contributed by atoms with Crippen molar-refractivity contribution in [2.45, 2.75) is 0 Å². The van der Waals surface area contributed by atoms with Crippen molar-refractivity contribution in [1.29, 1.82) is 5.26 Å². The van der Waals surface area contributed by atoms with E-state index in [0.29, 0.717) is 21.2 Å². The Balaban J connectivity index is 2.52. The summed E-state index contributed by atoms with van der Waals surface area (Å²) in [7, 11) is 1.39. The molecule has 0 saturated carbocycles. The lowest BCUT2D eigenvalue weighted by atomic mass is 10.1. The molecule has 7 heteroatoms. The molecule has 5 nitrogen and oxygen atoms in total. The predicted molar refractivity (Wildman–Crippen MR) is 80.2 cm³/mol. The molecule has 0 spiro atoms. The maximum atomic E-state index is 9.72. The van der Waals surface area contributed by atoms with Gasteiger partial charge in [0.15, 0.2) is 5.75 Å². The monoisotopic (exact) mass is 321 g/mol. The van der Waals surface area contributed by atoms with Crippen molar-refractivity contribution in [3.8, 4) is 17.7 Å². The molecular formula is C14H9Cl2N3O2. The van der Waals surface area contributed by atoms with Crippen LogP contribution in [0.25, 0.3) is 11.6 Å². The zero-order valence-electron chi connectivity index (χ0n) is 10.8. The molecule has 0 radical (unpaired) electrons. The van der Waals surface area contributed by atoms with Gasteiger partial charge in [-0.15, -0.1) is 0 Å². The van der Waals surface area contributed by atoms with E-state index in [2.05, 4.69) is 9.97 Å². The van der Waals surface area contributed by atoms with Crippen LogP contribution in [-0.4, -0.2) is 22.2 Å². The molecule has 0 saturated heterocycles. The van der Waals surface area contributed by atoms with E-state index >= 15 is 0 Å². The number of pyridine rings is 2. The molecule has 106 valence electrons. The fraction of sp³-hybridized carbons (Fsp3) is 0.0714. The molecule has 0 aliphatic rings. The van der Waals surface area contributed by atoms with Gasteiger partial charge in [0.2, 0.25) is 0 Å². The number of allylic oxidation sites excluding steroid dienone is 1. The summed E-state index contributed by atoms with van der Waals surface area (Å²) in [4.78, 5) is 7.75. The number of halogens is 2. The maximum Gasteiger partial charge on any atom is 0.256 e. The number of rotatable bonds is 3. The van der Waals surface area contributed by atoms with Gasteiger partial charge in [-0.2, -0.15) is 5.26 Å². The molecule has 2 aromatic heterocycles. The van der Waals surface area contributed by atoms with E-state index in [0.717, 1.165) is 0 Å². The van der Waals surface area contributed by atoms with Crippen LogP contribution in [0.3, 0.4) is 0 Å². The van der Waals surface area contributed by atoms with Crippen LogP contribution in [-0.2, 0) is 0 Å². The highest BCUT2D eigenvalue weighted by Gasteiger charge is 2.10. The van der Waals surface area contributed by atoms with E-state index in [1.165, 1.54) is 37.8 Å². The van der Waals surface area contributed by atoms with Gasteiger partial charge in [0.05, 0.1) is 28.8 Å². The zero-order valence-corrected chi connectivity index (χ0v) is 12.4. The van der Waals surface area contributed by atoms with Crippen molar-refractivity contribution in [2.75, 3.05) is 7.11 Å². The molecule has 1 N–H and O–H groups in total. The Kier molecular flexibility index (Phi) is 4.63. The van der Waals surface area contributed by atoms with Crippen LogP contribution in [0.2, 0.25) is 10.0 Å². The molecule has 2 aromatic rings. The summed E-state index contributed by atoms with van der Waals surface area (Å²) >= 11 is 12.0. The van der Waals surface area contributed by atoms with Crippen molar-refractivity contribution in [3.63, 3.8) is 0 Å². The summed E-state index contributed by atoms with van der Waals surface area (Å²) in [6, 6.07) is 3.40. The molecule has 0 aliphatic heterocycles. The smallest absolute Gasteiger partial charge is 0.256 e. The number of ether oxygens (including phenoxy) is 1. The van der Waals surface area contributed by atoms with E-state index in [4.69, 9.17) is 27.9 Å². The Morgan fingerprint density at radius 3 is 2.52 bits per heavy atom. The van der Waals surface area contributed by atoms with Gasteiger partial charge in [0.1, 0.15) is 0 Å². The van der Waals surface area contributed by atoms with Crippen molar-refractivity contribution < 1.29 is 9.84 Å².